The fraction of sp³-hybridized carbons (Fsp3) is 0.208. The summed E-state index contributed by atoms with van der Waals surface area (Å²) in [7, 11) is 1.62. The molecule has 0 saturated carbocycles. The van der Waals surface area contributed by atoms with Crippen LogP contribution < -0.4 is 10.3 Å². The van der Waals surface area contributed by atoms with Gasteiger partial charge in [-0.1, -0.05) is 48.5 Å². The maximum atomic E-state index is 12.7. The van der Waals surface area contributed by atoms with Crippen molar-refractivity contribution in [1.29, 1.82) is 0 Å². The van der Waals surface area contributed by atoms with Gasteiger partial charge in [-0.2, -0.15) is 0 Å². The van der Waals surface area contributed by atoms with Crippen molar-refractivity contribution in [1.82, 2.24) is 14.9 Å². The Morgan fingerprint density at radius 3 is 2.73 bits per heavy atom. The lowest BCUT2D eigenvalue weighted by molar-refractivity contribution is -0.126. The van der Waals surface area contributed by atoms with Crippen molar-refractivity contribution in [2.45, 2.75) is 19.4 Å². The molecule has 0 bridgehead atoms. The van der Waals surface area contributed by atoms with Gasteiger partial charge in [-0.05, 0) is 17.7 Å². The molecule has 6 heteroatoms. The van der Waals surface area contributed by atoms with Crippen LogP contribution in [0.25, 0.3) is 6.08 Å². The zero-order chi connectivity index (χ0) is 20.9. The van der Waals surface area contributed by atoms with Crippen molar-refractivity contribution in [3.63, 3.8) is 0 Å². The van der Waals surface area contributed by atoms with Crippen LogP contribution in [0.3, 0.4) is 0 Å². The second-order valence-corrected chi connectivity index (χ2v) is 7.18. The fourth-order valence-corrected chi connectivity index (χ4v) is 3.61. The molecule has 0 aliphatic carbocycles. The van der Waals surface area contributed by atoms with Crippen LogP contribution in [0.1, 0.15) is 28.2 Å². The highest BCUT2D eigenvalue weighted by molar-refractivity contribution is 5.91. The second kappa shape index (κ2) is 8.78. The van der Waals surface area contributed by atoms with Gasteiger partial charge in [0.25, 0.3) is 5.56 Å². The van der Waals surface area contributed by atoms with E-state index in [1.54, 1.807) is 24.2 Å². The average Bonchev–Trinajstić information content (AvgIpc) is 2.78. The smallest absolute Gasteiger partial charge is 0.256 e. The number of amides is 1. The Kier molecular flexibility index (Phi) is 5.75. The topological polar surface area (TPSA) is 75.3 Å². The number of benzene rings is 2. The number of ether oxygens (including phenoxy) is 1. The number of aromatic amines is 1. The van der Waals surface area contributed by atoms with Crippen LogP contribution in [0.4, 0.5) is 0 Å². The summed E-state index contributed by atoms with van der Waals surface area (Å²) in [6.07, 6.45) is 4.38. The lowest BCUT2D eigenvalue weighted by Gasteiger charge is -2.27. The number of hydrogen-bond donors (Lipinski definition) is 1. The molecule has 2 aromatic carbocycles. The van der Waals surface area contributed by atoms with Gasteiger partial charge in [0.15, 0.2) is 0 Å². The minimum atomic E-state index is -0.186. The van der Waals surface area contributed by atoms with Gasteiger partial charge in [0.05, 0.1) is 24.9 Å². The van der Waals surface area contributed by atoms with Crippen molar-refractivity contribution in [3.05, 3.63) is 99.2 Å². The van der Waals surface area contributed by atoms with E-state index in [1.807, 2.05) is 54.6 Å². The van der Waals surface area contributed by atoms with E-state index in [-0.39, 0.29) is 18.0 Å². The summed E-state index contributed by atoms with van der Waals surface area (Å²) in [5, 5.41) is 0. The van der Waals surface area contributed by atoms with Gasteiger partial charge in [-0.25, -0.2) is 4.98 Å². The standard InChI is InChI=1S/C24H23N3O3/c1-30-21-10-6-5-9-18(21)15-22-25-20-13-14-27(16-19(20)24(29)26-22)23(28)12-11-17-7-3-2-4-8-17/h2-12H,13-16H2,1H3,(H,25,26,29)/b12-11+. The van der Waals surface area contributed by atoms with Gasteiger partial charge >= 0.3 is 0 Å². The predicted molar refractivity (Wildman–Crippen MR) is 115 cm³/mol. The van der Waals surface area contributed by atoms with E-state index in [9.17, 15) is 9.59 Å². The number of nitrogens with zero attached hydrogens (tertiary/aromatic N) is 2. The van der Waals surface area contributed by atoms with Crippen molar-refractivity contribution >= 4 is 12.0 Å². The summed E-state index contributed by atoms with van der Waals surface area (Å²) in [4.78, 5) is 34.5. The quantitative estimate of drug-likeness (QED) is 0.667. The first kappa shape index (κ1) is 19.6. The van der Waals surface area contributed by atoms with Crippen LogP contribution in [0, 0.1) is 0 Å². The average molecular weight is 401 g/mol. The van der Waals surface area contributed by atoms with Crippen molar-refractivity contribution in [2.24, 2.45) is 0 Å². The molecule has 2 heterocycles. The molecule has 0 fully saturated rings. The predicted octanol–water partition coefficient (Wildman–Crippen LogP) is 2.97. The Balaban J connectivity index is 1.50. The van der Waals surface area contributed by atoms with E-state index in [0.717, 1.165) is 22.6 Å². The van der Waals surface area contributed by atoms with Gasteiger partial charge in [0.1, 0.15) is 11.6 Å². The third-order valence-corrected chi connectivity index (χ3v) is 5.20. The van der Waals surface area contributed by atoms with Crippen LogP contribution in [-0.4, -0.2) is 34.4 Å². The maximum absolute atomic E-state index is 12.7. The van der Waals surface area contributed by atoms with E-state index in [4.69, 9.17) is 4.74 Å². The number of nitrogens with one attached hydrogen (secondary N) is 1. The van der Waals surface area contributed by atoms with Crippen LogP contribution in [0.5, 0.6) is 5.75 Å². The molecule has 0 atom stereocenters. The van der Waals surface area contributed by atoms with E-state index < -0.39 is 0 Å². The number of fused-ring (bicyclic) bond motifs is 1. The number of carbonyl (C=O) groups is 1. The monoisotopic (exact) mass is 401 g/mol. The number of H-pyrrole nitrogens is 1. The molecule has 1 amide bonds. The highest BCUT2D eigenvalue weighted by Gasteiger charge is 2.23. The zero-order valence-corrected chi connectivity index (χ0v) is 16.8. The third-order valence-electron chi connectivity index (χ3n) is 5.20. The lowest BCUT2D eigenvalue weighted by Crippen LogP contribution is -2.39. The summed E-state index contributed by atoms with van der Waals surface area (Å²) in [6.45, 7) is 0.806. The first-order valence-electron chi connectivity index (χ1n) is 9.89. The number of carbonyl (C=O) groups excluding carboxylic acids is 1. The molecule has 3 aromatic rings. The van der Waals surface area contributed by atoms with Crippen LogP contribution in [0.2, 0.25) is 0 Å². The fourth-order valence-electron chi connectivity index (χ4n) is 3.61. The largest absolute Gasteiger partial charge is 0.496 e. The molecule has 6 nitrogen and oxygen atoms in total. The maximum Gasteiger partial charge on any atom is 0.256 e. The Hall–Kier alpha value is -3.67. The van der Waals surface area contributed by atoms with Crippen molar-refractivity contribution in [3.8, 4) is 5.75 Å². The molecule has 0 unspecified atom stereocenters. The molecule has 1 N–H and O–H groups in total. The van der Waals surface area contributed by atoms with E-state index in [1.165, 1.54) is 0 Å². The van der Waals surface area contributed by atoms with E-state index in [2.05, 4.69) is 9.97 Å². The van der Waals surface area contributed by atoms with Gasteiger partial charge in [0.2, 0.25) is 5.91 Å². The number of hydrogen-bond acceptors (Lipinski definition) is 4. The molecular formula is C24H23N3O3. The van der Waals surface area contributed by atoms with Crippen molar-refractivity contribution in [2.75, 3.05) is 13.7 Å². The molecule has 0 radical (unpaired) electrons. The number of para-hydroxylation sites is 1. The molecule has 1 aliphatic rings. The van der Waals surface area contributed by atoms with Gasteiger partial charge in [0, 0.05) is 31.0 Å². The molecular weight excluding hydrogens is 378 g/mol. The zero-order valence-electron chi connectivity index (χ0n) is 16.8. The number of methoxy groups -OCH3 is 1. The molecule has 0 saturated heterocycles. The van der Waals surface area contributed by atoms with Crippen LogP contribution >= 0.6 is 0 Å². The Bertz CT molecular complexity index is 1140. The summed E-state index contributed by atoms with van der Waals surface area (Å²) in [5.41, 5.74) is 3.06. The van der Waals surface area contributed by atoms with Crippen molar-refractivity contribution < 1.29 is 9.53 Å². The van der Waals surface area contributed by atoms with Crippen LogP contribution in [-0.2, 0) is 24.2 Å². The minimum absolute atomic E-state index is 0.109. The first-order chi connectivity index (χ1) is 14.6. The Labute approximate surface area is 174 Å². The Morgan fingerprint density at radius 2 is 1.93 bits per heavy atom. The molecule has 1 aliphatic heterocycles. The molecule has 4 rings (SSSR count). The minimum Gasteiger partial charge on any atom is -0.496 e. The Morgan fingerprint density at radius 1 is 1.17 bits per heavy atom. The van der Waals surface area contributed by atoms with Crippen LogP contribution in [0.15, 0.2) is 65.5 Å². The normalized spacial score (nSPS) is 13.3. The highest BCUT2D eigenvalue weighted by atomic mass is 16.5. The van der Waals surface area contributed by atoms with E-state index in [0.29, 0.717) is 30.8 Å². The first-order valence-corrected chi connectivity index (χ1v) is 9.89. The van der Waals surface area contributed by atoms with Gasteiger partial charge in [-0.15, -0.1) is 0 Å². The lowest BCUT2D eigenvalue weighted by atomic mass is 10.1. The summed E-state index contributed by atoms with van der Waals surface area (Å²) >= 11 is 0. The highest BCUT2D eigenvalue weighted by Crippen LogP contribution is 2.20. The van der Waals surface area contributed by atoms with E-state index >= 15 is 0 Å². The number of rotatable bonds is 5. The number of aromatic nitrogens is 2. The summed E-state index contributed by atoms with van der Waals surface area (Å²) in [5.74, 6) is 1.26. The summed E-state index contributed by atoms with van der Waals surface area (Å²) in [6, 6.07) is 17.3. The molecule has 152 valence electrons. The third kappa shape index (κ3) is 4.33. The van der Waals surface area contributed by atoms with Gasteiger partial charge < -0.3 is 14.6 Å². The summed E-state index contributed by atoms with van der Waals surface area (Å²) < 4.78 is 5.39. The second-order valence-electron chi connectivity index (χ2n) is 7.18. The molecule has 30 heavy (non-hydrogen) atoms. The molecule has 0 spiro atoms. The van der Waals surface area contributed by atoms with Gasteiger partial charge in [-0.3, -0.25) is 9.59 Å². The molecule has 1 aromatic heterocycles. The SMILES string of the molecule is COc1ccccc1Cc1nc2c(c(=O)[nH]1)CN(C(=O)/C=C/c1ccccc1)CC2.